The van der Waals surface area contributed by atoms with Crippen molar-refractivity contribution >= 4 is 23.5 Å². The van der Waals surface area contributed by atoms with Gasteiger partial charge in [0, 0.05) is 9.79 Å². The fourth-order valence-corrected chi connectivity index (χ4v) is 2.21. The number of aromatic hydroxyl groups is 1. The lowest BCUT2D eigenvalue weighted by Gasteiger charge is -2.06. The largest absolute Gasteiger partial charge is 0.507 e. The van der Waals surface area contributed by atoms with Crippen LogP contribution < -0.4 is 0 Å². The van der Waals surface area contributed by atoms with Crippen molar-refractivity contribution in [2.75, 3.05) is 12.5 Å². The first-order valence-corrected chi connectivity index (χ1v) is 6.05. The van der Waals surface area contributed by atoms with Crippen LogP contribution in [0.25, 0.3) is 0 Å². The number of phenols is 1. The number of hydrogen-bond acceptors (Lipinski definition) is 3. The lowest BCUT2D eigenvalue weighted by atomic mass is 10.2. The normalized spacial score (nSPS) is 10.2. The molecule has 0 fully saturated rings. The first-order valence-electron chi connectivity index (χ1n) is 3.60. The molecule has 66 valence electrons. The summed E-state index contributed by atoms with van der Waals surface area (Å²) in [5, 5.41) is 9.51. The van der Waals surface area contributed by atoms with Crippen LogP contribution in [-0.4, -0.2) is 17.6 Å². The maximum Gasteiger partial charge on any atom is 0.130 e. The highest BCUT2D eigenvalue weighted by Crippen LogP contribution is 2.32. The molecule has 0 unspecified atom stereocenters. The molecule has 0 amide bonds. The van der Waals surface area contributed by atoms with Gasteiger partial charge in [0.25, 0.3) is 0 Å². The van der Waals surface area contributed by atoms with E-state index in [2.05, 4.69) is 6.92 Å². The third kappa shape index (κ3) is 1.90. The SMILES string of the molecule is CSc1cc(O)c(SC)cc1C. The molecule has 0 radical (unpaired) electrons. The second kappa shape index (κ2) is 4.10. The van der Waals surface area contributed by atoms with Crippen LogP contribution in [0.2, 0.25) is 0 Å². The fraction of sp³-hybridized carbons (Fsp3) is 0.333. The highest BCUT2D eigenvalue weighted by Gasteiger charge is 2.04. The Morgan fingerprint density at radius 2 is 1.67 bits per heavy atom. The van der Waals surface area contributed by atoms with Gasteiger partial charge in [0.2, 0.25) is 0 Å². The maximum absolute atomic E-state index is 9.51. The van der Waals surface area contributed by atoms with E-state index in [-0.39, 0.29) is 0 Å². The van der Waals surface area contributed by atoms with E-state index in [1.807, 2.05) is 24.6 Å². The minimum Gasteiger partial charge on any atom is -0.507 e. The Labute approximate surface area is 81.6 Å². The molecular weight excluding hydrogens is 188 g/mol. The minimum absolute atomic E-state index is 0.387. The zero-order valence-electron chi connectivity index (χ0n) is 7.42. The van der Waals surface area contributed by atoms with Gasteiger partial charge in [-0.3, -0.25) is 0 Å². The molecule has 1 N–H and O–H groups in total. The Balaban J connectivity index is 3.16. The van der Waals surface area contributed by atoms with Crippen molar-refractivity contribution in [3.8, 4) is 5.75 Å². The van der Waals surface area contributed by atoms with Gasteiger partial charge in [0.05, 0.1) is 0 Å². The molecule has 0 heterocycles. The number of benzene rings is 1. The molecule has 0 spiro atoms. The Bertz CT molecular complexity index is 254. The number of thioether (sulfide) groups is 2. The van der Waals surface area contributed by atoms with Gasteiger partial charge in [-0.25, -0.2) is 0 Å². The quantitative estimate of drug-likeness (QED) is 0.741. The van der Waals surface area contributed by atoms with Crippen LogP contribution in [0.5, 0.6) is 5.75 Å². The summed E-state index contributed by atoms with van der Waals surface area (Å²) in [4.78, 5) is 2.09. The zero-order chi connectivity index (χ0) is 9.14. The zero-order valence-corrected chi connectivity index (χ0v) is 9.05. The highest BCUT2D eigenvalue weighted by molar-refractivity contribution is 7.99. The number of hydrogen-bond donors (Lipinski definition) is 1. The summed E-state index contributed by atoms with van der Waals surface area (Å²) in [5.74, 6) is 0.387. The van der Waals surface area contributed by atoms with Crippen LogP contribution in [0, 0.1) is 6.92 Å². The van der Waals surface area contributed by atoms with E-state index < -0.39 is 0 Å². The van der Waals surface area contributed by atoms with Gasteiger partial charge in [-0.15, -0.1) is 23.5 Å². The van der Waals surface area contributed by atoms with Crippen molar-refractivity contribution in [1.29, 1.82) is 0 Å². The van der Waals surface area contributed by atoms with Crippen LogP contribution >= 0.6 is 23.5 Å². The molecule has 3 heteroatoms. The van der Waals surface area contributed by atoms with Gasteiger partial charge in [0.15, 0.2) is 0 Å². The molecule has 0 aromatic heterocycles. The highest BCUT2D eigenvalue weighted by atomic mass is 32.2. The van der Waals surface area contributed by atoms with Crippen molar-refractivity contribution in [3.63, 3.8) is 0 Å². The Morgan fingerprint density at radius 3 is 2.17 bits per heavy atom. The molecule has 1 nitrogen and oxygen atoms in total. The first kappa shape index (κ1) is 9.81. The predicted octanol–water partition coefficient (Wildman–Crippen LogP) is 3.14. The van der Waals surface area contributed by atoms with Gasteiger partial charge in [-0.1, -0.05) is 0 Å². The smallest absolute Gasteiger partial charge is 0.130 e. The molecule has 0 saturated carbocycles. The second-order valence-corrected chi connectivity index (χ2v) is 4.19. The summed E-state index contributed by atoms with van der Waals surface area (Å²) >= 11 is 3.23. The van der Waals surface area contributed by atoms with Crippen LogP contribution in [0.3, 0.4) is 0 Å². The molecule has 1 aromatic carbocycles. The van der Waals surface area contributed by atoms with Crippen LogP contribution in [0.4, 0.5) is 0 Å². The van der Waals surface area contributed by atoms with E-state index in [4.69, 9.17) is 0 Å². The maximum atomic E-state index is 9.51. The van der Waals surface area contributed by atoms with Gasteiger partial charge in [0.1, 0.15) is 5.75 Å². The summed E-state index contributed by atoms with van der Waals surface area (Å²) in [6, 6.07) is 3.84. The van der Waals surface area contributed by atoms with E-state index in [0.717, 1.165) is 9.79 Å². The van der Waals surface area contributed by atoms with Crippen molar-refractivity contribution in [2.45, 2.75) is 16.7 Å². The molecule has 12 heavy (non-hydrogen) atoms. The second-order valence-electron chi connectivity index (χ2n) is 2.49. The van der Waals surface area contributed by atoms with Crippen molar-refractivity contribution in [3.05, 3.63) is 17.7 Å². The van der Waals surface area contributed by atoms with Gasteiger partial charge in [-0.05, 0) is 37.1 Å². The van der Waals surface area contributed by atoms with E-state index in [0.29, 0.717) is 5.75 Å². The van der Waals surface area contributed by atoms with E-state index in [9.17, 15) is 5.11 Å². The summed E-state index contributed by atoms with van der Waals surface area (Å²) < 4.78 is 0. The third-order valence-corrected chi connectivity index (χ3v) is 3.34. The average Bonchev–Trinajstić information content (AvgIpc) is 2.08. The van der Waals surface area contributed by atoms with Crippen LogP contribution in [-0.2, 0) is 0 Å². The molecular formula is C9H12OS2. The monoisotopic (exact) mass is 200 g/mol. The van der Waals surface area contributed by atoms with Crippen molar-refractivity contribution < 1.29 is 5.11 Å². The molecule has 0 saturated heterocycles. The molecule has 0 aliphatic carbocycles. The van der Waals surface area contributed by atoms with E-state index >= 15 is 0 Å². The number of rotatable bonds is 2. The molecule has 1 aromatic rings. The third-order valence-electron chi connectivity index (χ3n) is 1.70. The van der Waals surface area contributed by atoms with Gasteiger partial charge < -0.3 is 5.11 Å². The summed E-state index contributed by atoms with van der Waals surface area (Å²) in [6.45, 7) is 2.06. The predicted molar refractivity (Wildman–Crippen MR) is 56.4 cm³/mol. The summed E-state index contributed by atoms with van der Waals surface area (Å²) in [6.07, 6.45) is 3.98. The Morgan fingerprint density at radius 1 is 1.08 bits per heavy atom. The summed E-state index contributed by atoms with van der Waals surface area (Å²) in [5.41, 5.74) is 1.23. The molecule has 0 aliphatic rings. The first-order chi connectivity index (χ1) is 5.69. The van der Waals surface area contributed by atoms with E-state index in [1.54, 1.807) is 23.5 Å². The molecule has 0 aliphatic heterocycles. The molecule has 1 rings (SSSR count). The topological polar surface area (TPSA) is 20.2 Å². The van der Waals surface area contributed by atoms with Crippen LogP contribution in [0.15, 0.2) is 21.9 Å². The fourth-order valence-electron chi connectivity index (χ4n) is 1.03. The number of aryl methyl sites for hydroxylation is 1. The van der Waals surface area contributed by atoms with Crippen molar-refractivity contribution in [1.82, 2.24) is 0 Å². The molecule has 0 atom stereocenters. The number of phenolic OH excluding ortho intramolecular Hbond substituents is 1. The minimum atomic E-state index is 0.387. The summed E-state index contributed by atoms with van der Waals surface area (Å²) in [7, 11) is 0. The lowest BCUT2D eigenvalue weighted by Crippen LogP contribution is -1.81. The Hall–Kier alpha value is -0.280. The van der Waals surface area contributed by atoms with E-state index in [1.165, 1.54) is 5.56 Å². The van der Waals surface area contributed by atoms with Gasteiger partial charge >= 0.3 is 0 Å². The van der Waals surface area contributed by atoms with Crippen molar-refractivity contribution in [2.24, 2.45) is 0 Å². The van der Waals surface area contributed by atoms with Crippen LogP contribution in [0.1, 0.15) is 5.56 Å². The Kier molecular flexibility index (Phi) is 3.35. The standard InChI is InChI=1S/C9H12OS2/c1-6-4-9(12-3)7(10)5-8(6)11-2/h4-5,10H,1-3H3. The lowest BCUT2D eigenvalue weighted by molar-refractivity contribution is 0.460. The molecule has 0 bridgehead atoms. The van der Waals surface area contributed by atoms with Gasteiger partial charge in [-0.2, -0.15) is 0 Å². The average molecular weight is 200 g/mol.